The molecule has 1 aliphatic carbocycles. The van der Waals surface area contributed by atoms with Crippen LogP contribution >= 0.6 is 0 Å². The zero-order valence-electron chi connectivity index (χ0n) is 19.0. The number of aromatic nitrogens is 1. The zero-order valence-corrected chi connectivity index (χ0v) is 19.0. The number of hydrogen-bond donors (Lipinski definition) is 2. The Labute approximate surface area is 191 Å². The summed E-state index contributed by atoms with van der Waals surface area (Å²) < 4.78 is 33.3. The Morgan fingerprint density at radius 1 is 1.27 bits per heavy atom. The van der Waals surface area contributed by atoms with E-state index < -0.39 is 29.0 Å². The zero-order chi connectivity index (χ0) is 23.9. The van der Waals surface area contributed by atoms with Crippen molar-refractivity contribution in [3.8, 4) is 11.1 Å². The summed E-state index contributed by atoms with van der Waals surface area (Å²) in [5.41, 5.74) is 6.51. The van der Waals surface area contributed by atoms with Crippen molar-refractivity contribution < 1.29 is 23.1 Å². The molecule has 2 atom stereocenters. The summed E-state index contributed by atoms with van der Waals surface area (Å²) in [7, 11) is 1.21. The highest BCUT2D eigenvalue weighted by Crippen LogP contribution is 2.40. The van der Waals surface area contributed by atoms with Gasteiger partial charge in [-0.1, -0.05) is 0 Å². The van der Waals surface area contributed by atoms with Crippen LogP contribution in [0.3, 0.4) is 0 Å². The van der Waals surface area contributed by atoms with Crippen LogP contribution in [-0.2, 0) is 4.74 Å². The molecule has 176 valence electrons. The lowest BCUT2D eigenvalue weighted by Gasteiger charge is -2.27. The molecule has 2 heterocycles. The largest absolute Gasteiger partial charge is 0.465 e. The average Bonchev–Trinajstić information content (AvgIpc) is 3.54. The molecule has 1 saturated carbocycles. The number of hydrogen-bond acceptors (Lipinski definition) is 6. The lowest BCUT2D eigenvalue weighted by molar-refractivity contribution is 0.0600. The maximum Gasteiger partial charge on any atom is 0.340 e. The van der Waals surface area contributed by atoms with Crippen molar-refractivity contribution in [1.82, 2.24) is 10.3 Å². The molecule has 1 aliphatic heterocycles. The molecule has 1 amide bonds. The van der Waals surface area contributed by atoms with Crippen LogP contribution in [0.5, 0.6) is 0 Å². The number of amides is 1. The van der Waals surface area contributed by atoms with Crippen molar-refractivity contribution in [2.24, 2.45) is 11.7 Å². The SMILES string of the molecule is COC(=O)c1cnc(C(=O)NC(C)C2CC2)c(N2CC[C@](C)(N)C2)c1-c1cc(F)cc(F)c1. The minimum absolute atomic E-state index is 0.00918. The predicted molar refractivity (Wildman–Crippen MR) is 120 cm³/mol. The highest BCUT2D eigenvalue weighted by atomic mass is 19.1. The molecule has 0 radical (unpaired) electrons. The molecule has 0 spiro atoms. The van der Waals surface area contributed by atoms with Crippen molar-refractivity contribution in [2.75, 3.05) is 25.1 Å². The van der Waals surface area contributed by atoms with Crippen molar-refractivity contribution in [3.63, 3.8) is 0 Å². The Hall–Kier alpha value is -3.07. The number of benzene rings is 1. The van der Waals surface area contributed by atoms with Crippen LogP contribution in [0.25, 0.3) is 11.1 Å². The Balaban J connectivity index is 1.93. The summed E-state index contributed by atoms with van der Waals surface area (Å²) >= 11 is 0. The van der Waals surface area contributed by atoms with Gasteiger partial charge in [0.2, 0.25) is 0 Å². The molecule has 1 aromatic carbocycles. The minimum Gasteiger partial charge on any atom is -0.465 e. The highest BCUT2D eigenvalue weighted by Gasteiger charge is 2.37. The number of nitrogens with two attached hydrogens (primary N) is 1. The quantitative estimate of drug-likeness (QED) is 0.645. The number of methoxy groups -OCH3 is 1. The van der Waals surface area contributed by atoms with Gasteiger partial charge in [-0.2, -0.15) is 0 Å². The predicted octanol–water partition coefficient (Wildman–Crippen LogP) is 3.27. The van der Waals surface area contributed by atoms with Gasteiger partial charge in [0.25, 0.3) is 5.91 Å². The second-order valence-electron chi connectivity index (χ2n) is 9.32. The van der Waals surface area contributed by atoms with E-state index in [1.165, 1.54) is 13.3 Å². The number of esters is 1. The first-order valence-corrected chi connectivity index (χ1v) is 11.0. The number of nitrogens with one attached hydrogen (secondary N) is 1. The summed E-state index contributed by atoms with van der Waals surface area (Å²) in [5.74, 6) is -2.33. The smallest absolute Gasteiger partial charge is 0.340 e. The van der Waals surface area contributed by atoms with E-state index in [2.05, 4.69) is 10.3 Å². The van der Waals surface area contributed by atoms with Crippen LogP contribution in [0, 0.1) is 17.6 Å². The van der Waals surface area contributed by atoms with Crippen LogP contribution in [0.15, 0.2) is 24.4 Å². The highest BCUT2D eigenvalue weighted by molar-refractivity contribution is 6.07. The van der Waals surface area contributed by atoms with Gasteiger partial charge in [0.15, 0.2) is 5.69 Å². The van der Waals surface area contributed by atoms with Crippen molar-refractivity contribution in [1.29, 1.82) is 0 Å². The van der Waals surface area contributed by atoms with Crippen LogP contribution in [-0.4, -0.2) is 48.6 Å². The van der Waals surface area contributed by atoms with Gasteiger partial charge >= 0.3 is 5.97 Å². The van der Waals surface area contributed by atoms with E-state index in [1.807, 2.05) is 18.7 Å². The third kappa shape index (κ3) is 4.83. The standard InChI is InChI=1S/C24H28F2N4O3/c1-13(14-4-5-14)29-22(31)20-21(30-7-6-24(2,27)12-30)19(18(11-28-20)23(32)33-3)15-8-16(25)10-17(26)9-15/h8-11,13-14H,4-7,12,27H2,1-3H3,(H,29,31)/t13?,24-/m0/s1. The number of carbonyl (C=O) groups excluding carboxylic acids is 2. The van der Waals surface area contributed by atoms with Crippen LogP contribution in [0.1, 0.15) is 54.0 Å². The average molecular weight is 459 g/mol. The number of anilines is 1. The lowest BCUT2D eigenvalue weighted by Crippen LogP contribution is -2.40. The van der Waals surface area contributed by atoms with Gasteiger partial charge in [-0.15, -0.1) is 0 Å². The maximum absolute atomic E-state index is 14.2. The number of pyridine rings is 1. The molecule has 4 rings (SSSR count). The van der Waals surface area contributed by atoms with Gasteiger partial charge in [-0.05, 0) is 56.7 Å². The number of carbonyl (C=O) groups is 2. The van der Waals surface area contributed by atoms with E-state index in [9.17, 15) is 18.4 Å². The second kappa shape index (κ2) is 8.70. The molecular formula is C24H28F2N4O3. The molecule has 2 aliphatic rings. The van der Waals surface area contributed by atoms with Gasteiger partial charge in [-0.3, -0.25) is 4.79 Å². The summed E-state index contributed by atoms with van der Waals surface area (Å²) in [6.07, 6.45) is 3.96. The summed E-state index contributed by atoms with van der Waals surface area (Å²) in [4.78, 5) is 32.1. The molecule has 7 nitrogen and oxygen atoms in total. The molecule has 0 bridgehead atoms. The monoisotopic (exact) mass is 458 g/mol. The van der Waals surface area contributed by atoms with Crippen molar-refractivity contribution in [2.45, 2.75) is 44.7 Å². The van der Waals surface area contributed by atoms with Gasteiger partial charge in [0, 0.05) is 42.5 Å². The van der Waals surface area contributed by atoms with E-state index in [-0.39, 0.29) is 28.4 Å². The van der Waals surface area contributed by atoms with E-state index in [0.717, 1.165) is 31.0 Å². The molecule has 2 fully saturated rings. The summed E-state index contributed by atoms with van der Waals surface area (Å²) in [6.45, 7) is 4.69. The fourth-order valence-electron chi connectivity index (χ4n) is 4.39. The molecule has 1 saturated heterocycles. The molecular weight excluding hydrogens is 430 g/mol. The molecule has 9 heteroatoms. The molecule has 33 heavy (non-hydrogen) atoms. The Kier molecular flexibility index (Phi) is 6.09. The Morgan fingerprint density at radius 2 is 1.94 bits per heavy atom. The van der Waals surface area contributed by atoms with Crippen LogP contribution in [0.2, 0.25) is 0 Å². The first-order valence-electron chi connectivity index (χ1n) is 11.0. The van der Waals surface area contributed by atoms with Gasteiger partial charge in [-0.25, -0.2) is 18.6 Å². The van der Waals surface area contributed by atoms with E-state index in [1.54, 1.807) is 0 Å². The summed E-state index contributed by atoms with van der Waals surface area (Å²) in [5, 5.41) is 2.98. The molecule has 2 aromatic rings. The Bertz CT molecular complexity index is 1080. The normalized spacial score (nSPS) is 21.1. The number of nitrogens with zero attached hydrogens (tertiary/aromatic N) is 2. The number of halogens is 2. The minimum atomic E-state index is -0.804. The number of rotatable bonds is 6. The van der Waals surface area contributed by atoms with E-state index in [4.69, 9.17) is 10.5 Å². The first-order chi connectivity index (χ1) is 15.6. The molecule has 1 unspecified atom stereocenters. The first kappa shape index (κ1) is 23.1. The fourth-order valence-corrected chi connectivity index (χ4v) is 4.39. The number of ether oxygens (including phenoxy) is 1. The van der Waals surface area contributed by atoms with Crippen molar-refractivity contribution >= 4 is 17.6 Å². The molecule has 1 aromatic heterocycles. The maximum atomic E-state index is 14.2. The van der Waals surface area contributed by atoms with E-state index >= 15 is 0 Å². The van der Waals surface area contributed by atoms with Gasteiger partial charge in [0.1, 0.15) is 11.6 Å². The van der Waals surface area contributed by atoms with Gasteiger partial charge < -0.3 is 20.7 Å². The topological polar surface area (TPSA) is 97.5 Å². The van der Waals surface area contributed by atoms with Crippen LogP contribution in [0.4, 0.5) is 14.5 Å². The third-order valence-corrected chi connectivity index (χ3v) is 6.33. The molecule has 3 N–H and O–H groups in total. The second-order valence-corrected chi connectivity index (χ2v) is 9.32. The lowest BCUT2D eigenvalue weighted by atomic mass is 9.96. The summed E-state index contributed by atoms with van der Waals surface area (Å²) in [6, 6.07) is 2.96. The van der Waals surface area contributed by atoms with Gasteiger partial charge in [0.05, 0.1) is 18.4 Å². The fraction of sp³-hybridized carbons (Fsp3) is 0.458. The van der Waals surface area contributed by atoms with E-state index in [0.29, 0.717) is 31.1 Å². The van der Waals surface area contributed by atoms with Crippen LogP contribution < -0.4 is 16.0 Å². The van der Waals surface area contributed by atoms with Crippen molar-refractivity contribution in [3.05, 3.63) is 47.3 Å². The third-order valence-electron chi connectivity index (χ3n) is 6.33. The Morgan fingerprint density at radius 3 is 2.48 bits per heavy atom.